The van der Waals surface area contributed by atoms with Crippen LogP contribution in [0.3, 0.4) is 0 Å². The largest absolute Gasteiger partial charge is 0.377 e. The summed E-state index contributed by atoms with van der Waals surface area (Å²) in [5, 5.41) is 10.9. The molecule has 27 heavy (non-hydrogen) atoms. The minimum Gasteiger partial charge on any atom is -0.377 e. The summed E-state index contributed by atoms with van der Waals surface area (Å²) in [6, 6.07) is 7.55. The van der Waals surface area contributed by atoms with Crippen LogP contribution in [-0.2, 0) is 16.1 Å². The molecule has 0 aliphatic heterocycles. The summed E-state index contributed by atoms with van der Waals surface area (Å²) in [6.07, 6.45) is 4.96. The molecule has 0 radical (unpaired) electrons. The highest BCUT2D eigenvalue weighted by Gasteiger charge is 2.32. The molecule has 3 rings (SSSR count). The molecule has 2 aromatic rings. The number of aromatic amines is 1. The molecule has 0 bridgehead atoms. The number of aromatic nitrogens is 2. The number of hydrogen-bond donors (Lipinski definition) is 3. The predicted molar refractivity (Wildman–Crippen MR) is 106 cm³/mol. The first-order chi connectivity index (χ1) is 13.1. The normalized spacial score (nSPS) is 22.6. The molecular weight excluding hydrogens is 364 g/mol. The van der Waals surface area contributed by atoms with Crippen LogP contribution in [0, 0.1) is 5.92 Å². The number of ether oxygens (including phenoxy) is 1. The van der Waals surface area contributed by atoms with E-state index in [0.717, 1.165) is 36.1 Å². The third-order valence-corrected chi connectivity index (χ3v) is 5.31. The van der Waals surface area contributed by atoms with Crippen molar-refractivity contribution in [1.29, 1.82) is 0 Å². The van der Waals surface area contributed by atoms with Crippen LogP contribution in [0.1, 0.15) is 38.2 Å². The fourth-order valence-electron chi connectivity index (χ4n) is 3.49. The van der Waals surface area contributed by atoms with Gasteiger partial charge in [-0.3, -0.25) is 9.89 Å². The monoisotopic (exact) mass is 390 g/mol. The summed E-state index contributed by atoms with van der Waals surface area (Å²) >= 11 is 5.95. The number of nitrogens with two attached hydrogens (primary N) is 1. The van der Waals surface area contributed by atoms with Crippen LogP contribution >= 0.6 is 11.6 Å². The van der Waals surface area contributed by atoms with Gasteiger partial charge in [0.15, 0.2) is 0 Å². The first kappa shape index (κ1) is 19.9. The van der Waals surface area contributed by atoms with Crippen LogP contribution < -0.4 is 11.1 Å². The highest BCUT2D eigenvalue weighted by molar-refractivity contribution is 6.30. The van der Waals surface area contributed by atoms with Crippen molar-refractivity contribution < 1.29 is 9.53 Å². The van der Waals surface area contributed by atoms with E-state index in [1.165, 1.54) is 0 Å². The maximum Gasteiger partial charge on any atom is 0.223 e. The van der Waals surface area contributed by atoms with Gasteiger partial charge in [0.05, 0.1) is 18.0 Å². The molecule has 1 aliphatic rings. The van der Waals surface area contributed by atoms with Crippen molar-refractivity contribution >= 4 is 17.5 Å². The summed E-state index contributed by atoms with van der Waals surface area (Å²) in [6.45, 7) is 3.18. The lowest BCUT2D eigenvalue weighted by molar-refractivity contribution is -0.128. The lowest BCUT2D eigenvalue weighted by Crippen LogP contribution is -2.45. The Balaban J connectivity index is 1.58. The molecule has 146 valence electrons. The van der Waals surface area contributed by atoms with Gasteiger partial charge in [-0.15, -0.1) is 0 Å². The van der Waals surface area contributed by atoms with Crippen molar-refractivity contribution in [2.45, 2.75) is 51.3 Å². The van der Waals surface area contributed by atoms with Gasteiger partial charge in [0, 0.05) is 35.7 Å². The number of amides is 1. The van der Waals surface area contributed by atoms with Crippen molar-refractivity contribution in [3.05, 3.63) is 41.0 Å². The van der Waals surface area contributed by atoms with Crippen molar-refractivity contribution in [2.24, 2.45) is 11.7 Å². The van der Waals surface area contributed by atoms with E-state index in [0.29, 0.717) is 24.6 Å². The van der Waals surface area contributed by atoms with E-state index < -0.39 is 0 Å². The number of benzene rings is 1. The first-order valence-electron chi connectivity index (χ1n) is 9.51. The minimum absolute atomic E-state index is 0.0194. The molecule has 1 saturated carbocycles. The molecule has 1 heterocycles. The number of carbonyl (C=O) groups excluding carboxylic acids is 1. The maximum atomic E-state index is 12.7. The van der Waals surface area contributed by atoms with E-state index in [2.05, 4.69) is 22.4 Å². The number of H-pyrrole nitrogens is 1. The average Bonchev–Trinajstić information content (AvgIpc) is 3.14. The van der Waals surface area contributed by atoms with Gasteiger partial charge >= 0.3 is 0 Å². The van der Waals surface area contributed by atoms with Crippen LogP contribution in [0.2, 0.25) is 5.02 Å². The molecule has 1 aromatic heterocycles. The summed E-state index contributed by atoms with van der Waals surface area (Å²) < 4.78 is 5.83. The van der Waals surface area contributed by atoms with Gasteiger partial charge in [0.25, 0.3) is 0 Å². The van der Waals surface area contributed by atoms with Gasteiger partial charge in [-0.05, 0) is 43.4 Å². The number of rotatable bonds is 7. The van der Waals surface area contributed by atoms with E-state index in [9.17, 15) is 4.79 Å². The lowest BCUT2D eigenvalue weighted by atomic mass is 9.83. The predicted octanol–water partition coefficient (Wildman–Crippen LogP) is 3.27. The Kier molecular flexibility index (Phi) is 6.88. The molecule has 0 saturated heterocycles. The van der Waals surface area contributed by atoms with E-state index in [4.69, 9.17) is 22.1 Å². The van der Waals surface area contributed by atoms with Crippen LogP contribution in [-0.4, -0.2) is 34.9 Å². The van der Waals surface area contributed by atoms with Gasteiger partial charge < -0.3 is 15.8 Å². The Morgan fingerprint density at radius 1 is 1.37 bits per heavy atom. The molecule has 0 spiro atoms. The second-order valence-corrected chi connectivity index (χ2v) is 7.51. The zero-order chi connectivity index (χ0) is 19.2. The summed E-state index contributed by atoms with van der Waals surface area (Å²) in [5.74, 6) is -0.00667. The van der Waals surface area contributed by atoms with Crippen LogP contribution in [0.15, 0.2) is 30.5 Å². The Hall–Kier alpha value is -1.89. The number of carbonyl (C=O) groups is 1. The van der Waals surface area contributed by atoms with E-state index in [1.807, 2.05) is 24.3 Å². The third-order valence-electron chi connectivity index (χ3n) is 5.05. The van der Waals surface area contributed by atoms with E-state index in [1.54, 1.807) is 6.20 Å². The summed E-state index contributed by atoms with van der Waals surface area (Å²) in [5.41, 5.74) is 8.97. The van der Waals surface area contributed by atoms with Crippen molar-refractivity contribution in [3.63, 3.8) is 0 Å². The zero-order valence-electron chi connectivity index (χ0n) is 15.6. The number of nitrogens with zero attached hydrogens (tertiary/aromatic N) is 1. The third kappa shape index (κ3) is 5.09. The van der Waals surface area contributed by atoms with Crippen LogP contribution in [0.4, 0.5) is 0 Å². The highest BCUT2D eigenvalue weighted by atomic mass is 35.5. The summed E-state index contributed by atoms with van der Waals surface area (Å²) in [4.78, 5) is 12.7. The van der Waals surface area contributed by atoms with Gasteiger partial charge in [-0.2, -0.15) is 5.10 Å². The Bertz CT molecular complexity index is 747. The average molecular weight is 391 g/mol. The van der Waals surface area contributed by atoms with Gasteiger partial charge in [-0.25, -0.2) is 0 Å². The van der Waals surface area contributed by atoms with Gasteiger partial charge in [-0.1, -0.05) is 30.7 Å². The van der Waals surface area contributed by atoms with Crippen molar-refractivity contribution in [2.75, 3.05) is 6.61 Å². The molecule has 4 N–H and O–H groups in total. The van der Waals surface area contributed by atoms with Crippen molar-refractivity contribution in [3.8, 4) is 11.3 Å². The topological polar surface area (TPSA) is 93.0 Å². The molecule has 1 aliphatic carbocycles. The van der Waals surface area contributed by atoms with E-state index in [-0.39, 0.29) is 24.0 Å². The molecule has 1 fully saturated rings. The highest BCUT2D eigenvalue weighted by Crippen LogP contribution is 2.27. The van der Waals surface area contributed by atoms with Crippen molar-refractivity contribution in [1.82, 2.24) is 15.5 Å². The zero-order valence-corrected chi connectivity index (χ0v) is 16.3. The fraction of sp³-hybridized carbons (Fsp3) is 0.500. The molecular formula is C20H27ClN4O2. The summed E-state index contributed by atoms with van der Waals surface area (Å²) in [7, 11) is 0. The Morgan fingerprint density at radius 2 is 2.15 bits per heavy atom. The molecule has 3 atom stereocenters. The Morgan fingerprint density at radius 3 is 2.89 bits per heavy atom. The fourth-order valence-corrected chi connectivity index (χ4v) is 3.62. The van der Waals surface area contributed by atoms with E-state index >= 15 is 0 Å². The smallest absolute Gasteiger partial charge is 0.223 e. The van der Waals surface area contributed by atoms with Crippen LogP contribution in [0.25, 0.3) is 11.3 Å². The number of halogens is 1. The molecule has 7 heteroatoms. The molecule has 1 amide bonds. The molecule has 0 unspecified atom stereocenters. The number of nitrogens with one attached hydrogen (secondary N) is 2. The SMILES string of the molecule is CCCO[C@H]1C[C@@H](C(=O)NCc2cn[nH]c2-c2ccc(Cl)cc2)CC[C@@H]1N. The second kappa shape index (κ2) is 9.35. The van der Waals surface area contributed by atoms with Crippen LogP contribution in [0.5, 0.6) is 0 Å². The second-order valence-electron chi connectivity index (χ2n) is 7.08. The first-order valence-corrected chi connectivity index (χ1v) is 9.89. The molecule has 6 nitrogen and oxygen atoms in total. The maximum absolute atomic E-state index is 12.7. The quantitative estimate of drug-likeness (QED) is 0.676. The van der Waals surface area contributed by atoms with Gasteiger partial charge in [0.2, 0.25) is 5.91 Å². The standard InChI is InChI=1S/C20H27ClN4O2/c1-2-9-27-18-10-14(5-8-17(18)22)20(26)23-11-15-12-24-25-19(15)13-3-6-16(21)7-4-13/h3-4,6-7,12,14,17-18H,2,5,8-11,22H2,1H3,(H,23,26)(H,24,25)/t14-,17-,18-/m0/s1. The molecule has 1 aromatic carbocycles. The van der Waals surface area contributed by atoms with Gasteiger partial charge in [0.1, 0.15) is 0 Å². The number of hydrogen-bond acceptors (Lipinski definition) is 4. The lowest BCUT2D eigenvalue weighted by Gasteiger charge is -2.33. The minimum atomic E-state index is -0.0578. The Labute approximate surface area is 164 Å².